The van der Waals surface area contributed by atoms with Crippen molar-refractivity contribution in [3.05, 3.63) is 27.7 Å². The van der Waals surface area contributed by atoms with Crippen LogP contribution in [-0.2, 0) is 9.53 Å². The van der Waals surface area contributed by atoms with Crippen molar-refractivity contribution in [2.75, 3.05) is 11.9 Å². The van der Waals surface area contributed by atoms with Gasteiger partial charge < -0.3 is 10.1 Å². The number of anilines is 1. The monoisotopic (exact) mass is 373 g/mol. The van der Waals surface area contributed by atoms with E-state index in [1.807, 2.05) is 25.1 Å². The highest BCUT2D eigenvalue weighted by Crippen LogP contribution is 2.46. The van der Waals surface area contributed by atoms with E-state index in [0.717, 1.165) is 29.4 Å². The summed E-state index contributed by atoms with van der Waals surface area (Å²) in [4.78, 5) is 12.5. The molecule has 0 spiro atoms. The molecular weight excluding hydrogens is 354 g/mol. The van der Waals surface area contributed by atoms with Gasteiger partial charge in [0.1, 0.15) is 5.54 Å². The molecule has 0 radical (unpaired) electrons. The maximum absolute atomic E-state index is 12.5. The predicted octanol–water partition coefficient (Wildman–Crippen LogP) is 5.03. The predicted molar refractivity (Wildman–Crippen MR) is 89.8 cm³/mol. The number of carbonyl (C=O) groups is 1. The molecule has 1 aromatic rings. The topological polar surface area (TPSA) is 38.3 Å². The van der Waals surface area contributed by atoms with Gasteiger partial charge in [-0.2, -0.15) is 0 Å². The van der Waals surface area contributed by atoms with E-state index < -0.39 is 5.54 Å². The van der Waals surface area contributed by atoms with Gasteiger partial charge in [-0.1, -0.05) is 25.4 Å². The molecule has 1 aliphatic carbocycles. The number of nitrogens with one attached hydrogen (secondary N) is 1. The van der Waals surface area contributed by atoms with Crippen LogP contribution in [-0.4, -0.2) is 18.1 Å². The molecule has 21 heavy (non-hydrogen) atoms. The van der Waals surface area contributed by atoms with Gasteiger partial charge in [0.25, 0.3) is 0 Å². The van der Waals surface area contributed by atoms with Crippen molar-refractivity contribution in [3.63, 3.8) is 0 Å². The van der Waals surface area contributed by atoms with Crippen molar-refractivity contribution in [2.24, 2.45) is 5.41 Å². The molecule has 2 rings (SSSR count). The number of ether oxygens (including phenoxy) is 1. The summed E-state index contributed by atoms with van der Waals surface area (Å²) < 4.78 is 6.12. The largest absolute Gasteiger partial charge is 0.464 e. The van der Waals surface area contributed by atoms with E-state index in [1.54, 1.807) is 0 Å². The number of halogens is 2. The molecule has 3 nitrogen and oxygen atoms in total. The van der Waals surface area contributed by atoms with E-state index in [2.05, 4.69) is 35.1 Å². The van der Waals surface area contributed by atoms with Crippen molar-refractivity contribution in [2.45, 2.75) is 45.6 Å². The molecule has 1 N–H and O–H groups in total. The number of hydrogen-bond acceptors (Lipinski definition) is 3. The summed E-state index contributed by atoms with van der Waals surface area (Å²) >= 11 is 9.44. The minimum absolute atomic E-state index is 0.128. The Balaban J connectivity index is 2.28. The van der Waals surface area contributed by atoms with Crippen LogP contribution in [0.15, 0.2) is 22.7 Å². The molecule has 1 unspecified atom stereocenters. The van der Waals surface area contributed by atoms with Crippen molar-refractivity contribution >= 4 is 39.2 Å². The highest BCUT2D eigenvalue weighted by molar-refractivity contribution is 9.10. The van der Waals surface area contributed by atoms with E-state index in [1.165, 1.54) is 0 Å². The fourth-order valence-corrected chi connectivity index (χ4v) is 3.49. The lowest BCUT2D eigenvalue weighted by atomic mass is 9.87. The zero-order valence-electron chi connectivity index (χ0n) is 12.6. The number of rotatable bonds is 4. The van der Waals surface area contributed by atoms with Crippen LogP contribution in [0.3, 0.4) is 0 Å². The first kappa shape index (κ1) is 16.6. The van der Waals surface area contributed by atoms with Crippen molar-refractivity contribution in [3.8, 4) is 0 Å². The third-order valence-corrected chi connectivity index (χ3v) is 5.19. The van der Waals surface area contributed by atoms with E-state index in [9.17, 15) is 4.79 Å². The lowest BCUT2D eigenvalue weighted by Crippen LogP contribution is -2.46. The van der Waals surface area contributed by atoms with Crippen LogP contribution in [0, 0.1) is 5.41 Å². The summed E-state index contributed by atoms with van der Waals surface area (Å²) in [5.74, 6) is -0.165. The van der Waals surface area contributed by atoms with Crippen LogP contribution in [0.5, 0.6) is 0 Å². The molecule has 0 aromatic heterocycles. The van der Waals surface area contributed by atoms with Crippen LogP contribution in [0.4, 0.5) is 5.69 Å². The Bertz CT molecular complexity index is 547. The molecular formula is C16H21BrClNO2. The average Bonchev–Trinajstić information content (AvgIpc) is 2.71. The number of esters is 1. The zero-order chi connectivity index (χ0) is 15.7. The fraction of sp³-hybridized carbons (Fsp3) is 0.562. The first-order valence-corrected chi connectivity index (χ1v) is 8.36. The molecule has 0 saturated heterocycles. The van der Waals surface area contributed by atoms with Crippen LogP contribution < -0.4 is 5.32 Å². The molecule has 1 aliphatic rings. The lowest BCUT2D eigenvalue weighted by Gasteiger charge is -2.31. The standard InChI is InChI=1S/C16H21BrClNO2/c1-4-21-14(20)16(8-7-15(2,3)10-16)19-11-5-6-13(18)12(17)9-11/h5-6,9,19H,4,7-8,10H2,1-3H3. The maximum Gasteiger partial charge on any atom is 0.331 e. The Kier molecular flexibility index (Phi) is 4.89. The van der Waals surface area contributed by atoms with Crippen LogP contribution in [0.2, 0.25) is 5.02 Å². The van der Waals surface area contributed by atoms with Crippen molar-refractivity contribution in [1.29, 1.82) is 0 Å². The molecule has 1 fully saturated rings. The maximum atomic E-state index is 12.5. The van der Waals surface area contributed by atoms with E-state index in [-0.39, 0.29) is 11.4 Å². The van der Waals surface area contributed by atoms with Gasteiger partial charge in [0.15, 0.2) is 0 Å². The quantitative estimate of drug-likeness (QED) is 0.751. The van der Waals surface area contributed by atoms with E-state index in [4.69, 9.17) is 16.3 Å². The Morgan fingerprint density at radius 2 is 2.14 bits per heavy atom. The Labute approximate surface area is 139 Å². The second kappa shape index (κ2) is 6.17. The highest BCUT2D eigenvalue weighted by atomic mass is 79.9. The molecule has 1 atom stereocenters. The van der Waals surface area contributed by atoms with Crippen molar-refractivity contribution < 1.29 is 9.53 Å². The Morgan fingerprint density at radius 1 is 1.43 bits per heavy atom. The van der Waals surface area contributed by atoms with Gasteiger partial charge >= 0.3 is 5.97 Å². The lowest BCUT2D eigenvalue weighted by molar-refractivity contribution is -0.148. The average molecular weight is 375 g/mol. The van der Waals surface area contributed by atoms with Crippen LogP contribution in [0.1, 0.15) is 40.0 Å². The third kappa shape index (κ3) is 3.72. The number of hydrogen-bond donors (Lipinski definition) is 1. The van der Waals surface area contributed by atoms with Gasteiger partial charge in [-0.05, 0) is 65.7 Å². The first-order chi connectivity index (χ1) is 9.78. The summed E-state index contributed by atoms with van der Waals surface area (Å²) in [6, 6.07) is 5.60. The van der Waals surface area contributed by atoms with Gasteiger partial charge in [0, 0.05) is 10.2 Å². The fourth-order valence-electron chi connectivity index (χ4n) is 3.00. The zero-order valence-corrected chi connectivity index (χ0v) is 15.0. The van der Waals surface area contributed by atoms with Crippen LogP contribution >= 0.6 is 27.5 Å². The highest BCUT2D eigenvalue weighted by Gasteiger charge is 2.49. The molecule has 116 valence electrons. The van der Waals surface area contributed by atoms with Crippen LogP contribution in [0.25, 0.3) is 0 Å². The third-order valence-electron chi connectivity index (χ3n) is 3.98. The molecule has 1 saturated carbocycles. The molecule has 0 bridgehead atoms. The molecule has 5 heteroatoms. The van der Waals surface area contributed by atoms with Crippen molar-refractivity contribution in [1.82, 2.24) is 0 Å². The summed E-state index contributed by atoms with van der Waals surface area (Å²) in [5.41, 5.74) is 0.355. The first-order valence-electron chi connectivity index (χ1n) is 7.18. The summed E-state index contributed by atoms with van der Waals surface area (Å²) in [6.45, 7) is 6.61. The summed E-state index contributed by atoms with van der Waals surface area (Å²) in [6.07, 6.45) is 2.53. The molecule has 0 amide bonds. The van der Waals surface area contributed by atoms with Gasteiger partial charge in [0.05, 0.1) is 11.6 Å². The minimum atomic E-state index is -0.646. The van der Waals surface area contributed by atoms with E-state index in [0.29, 0.717) is 11.6 Å². The molecule has 1 aromatic carbocycles. The minimum Gasteiger partial charge on any atom is -0.464 e. The number of benzene rings is 1. The van der Waals surface area contributed by atoms with E-state index >= 15 is 0 Å². The van der Waals surface area contributed by atoms with Gasteiger partial charge in [0.2, 0.25) is 0 Å². The Morgan fingerprint density at radius 3 is 2.67 bits per heavy atom. The smallest absolute Gasteiger partial charge is 0.331 e. The van der Waals surface area contributed by atoms with Gasteiger partial charge in [-0.25, -0.2) is 4.79 Å². The second-order valence-corrected chi connectivity index (χ2v) is 7.66. The Hall–Kier alpha value is -0.740. The summed E-state index contributed by atoms with van der Waals surface area (Å²) in [5, 5.41) is 4.05. The van der Waals surface area contributed by atoms with Gasteiger partial charge in [-0.15, -0.1) is 0 Å². The summed E-state index contributed by atoms with van der Waals surface area (Å²) in [7, 11) is 0. The molecule has 0 heterocycles. The normalized spacial score (nSPS) is 23.9. The SMILES string of the molecule is CCOC(=O)C1(Nc2ccc(Cl)c(Br)c2)CCC(C)(C)C1. The molecule has 0 aliphatic heterocycles. The van der Waals surface area contributed by atoms with Gasteiger partial charge in [-0.3, -0.25) is 0 Å². The second-order valence-electron chi connectivity index (χ2n) is 6.40. The number of carbonyl (C=O) groups excluding carboxylic acids is 1.